The van der Waals surface area contributed by atoms with Gasteiger partial charge in [-0.2, -0.15) is 0 Å². The minimum atomic E-state index is 0.00231. The summed E-state index contributed by atoms with van der Waals surface area (Å²) in [6, 6.07) is 15.9. The van der Waals surface area contributed by atoms with Crippen molar-refractivity contribution < 1.29 is 9.53 Å². The third-order valence-electron chi connectivity index (χ3n) is 6.15. The van der Waals surface area contributed by atoms with E-state index in [4.69, 9.17) is 4.74 Å². The molecule has 0 atom stereocenters. The van der Waals surface area contributed by atoms with E-state index in [1.165, 1.54) is 23.0 Å². The summed E-state index contributed by atoms with van der Waals surface area (Å²) in [6.45, 7) is 7.80. The number of carbonyl (C=O) groups excluding carboxylic acids is 1. The summed E-state index contributed by atoms with van der Waals surface area (Å²) in [7, 11) is 0. The lowest BCUT2D eigenvalue weighted by molar-refractivity contribution is -0.120. The van der Waals surface area contributed by atoms with Crippen molar-refractivity contribution in [1.29, 1.82) is 0 Å². The number of carbonyl (C=O) groups is 1. The Morgan fingerprint density at radius 2 is 1.78 bits per heavy atom. The molecule has 0 saturated carbocycles. The molecule has 3 aromatic rings. The number of rotatable bonds is 6. The summed E-state index contributed by atoms with van der Waals surface area (Å²) in [5.41, 5.74) is 4.54. The first-order chi connectivity index (χ1) is 15.5. The van der Waals surface area contributed by atoms with Crippen molar-refractivity contribution in [1.82, 2.24) is 9.97 Å². The molecule has 166 valence electrons. The Bertz CT molecular complexity index is 1070. The zero-order valence-electron chi connectivity index (χ0n) is 19.0. The highest BCUT2D eigenvalue weighted by molar-refractivity contribution is 5.92. The fraction of sp³-hybridized carbons (Fsp3) is 0.346. The topological polar surface area (TPSA) is 67.3 Å². The van der Waals surface area contributed by atoms with E-state index in [2.05, 4.69) is 53.1 Å². The lowest BCUT2D eigenvalue weighted by Gasteiger charge is -2.32. The third kappa shape index (κ3) is 5.25. The quantitative estimate of drug-likeness (QED) is 0.574. The number of aromatic nitrogens is 2. The number of aryl methyl sites for hydroxylation is 3. The maximum Gasteiger partial charge on any atom is 0.227 e. The van der Waals surface area contributed by atoms with Gasteiger partial charge in [0.15, 0.2) is 0 Å². The summed E-state index contributed by atoms with van der Waals surface area (Å²) < 4.78 is 5.91. The van der Waals surface area contributed by atoms with Crippen molar-refractivity contribution >= 4 is 17.4 Å². The summed E-state index contributed by atoms with van der Waals surface area (Å²) in [6.07, 6.45) is 4.10. The Morgan fingerprint density at radius 1 is 1.03 bits per heavy atom. The van der Waals surface area contributed by atoms with Crippen LogP contribution in [0.2, 0.25) is 0 Å². The standard InChI is InChI=1S/C26H30N4O2/c1-4-20-6-9-23(10-7-20)32-25-16-24(27-17-28-25)30-13-11-21(12-14-30)26(31)29-22-8-5-18(2)19(3)15-22/h5-10,15-17,21H,4,11-14H2,1-3H3,(H,29,31). The number of nitrogens with one attached hydrogen (secondary N) is 1. The van der Waals surface area contributed by atoms with Crippen LogP contribution in [0, 0.1) is 19.8 Å². The monoisotopic (exact) mass is 430 g/mol. The molecule has 1 fully saturated rings. The van der Waals surface area contributed by atoms with Crippen molar-refractivity contribution in [2.24, 2.45) is 5.92 Å². The van der Waals surface area contributed by atoms with Gasteiger partial charge in [-0.25, -0.2) is 9.97 Å². The van der Waals surface area contributed by atoms with Crippen LogP contribution < -0.4 is 15.0 Å². The Labute approximate surface area is 189 Å². The largest absolute Gasteiger partial charge is 0.439 e. The van der Waals surface area contributed by atoms with Crippen LogP contribution in [0.5, 0.6) is 11.6 Å². The van der Waals surface area contributed by atoms with E-state index in [9.17, 15) is 4.79 Å². The lowest BCUT2D eigenvalue weighted by Crippen LogP contribution is -2.38. The molecule has 1 aliphatic heterocycles. The first-order valence-corrected chi connectivity index (χ1v) is 11.2. The number of ether oxygens (including phenoxy) is 1. The van der Waals surface area contributed by atoms with Gasteiger partial charge in [0.2, 0.25) is 11.8 Å². The summed E-state index contributed by atoms with van der Waals surface area (Å²) in [4.78, 5) is 23.6. The zero-order valence-corrected chi connectivity index (χ0v) is 19.0. The van der Waals surface area contributed by atoms with Gasteiger partial charge in [-0.3, -0.25) is 4.79 Å². The number of nitrogens with zero attached hydrogens (tertiary/aromatic N) is 3. The molecule has 6 heteroatoms. The van der Waals surface area contributed by atoms with Crippen LogP contribution >= 0.6 is 0 Å². The third-order valence-corrected chi connectivity index (χ3v) is 6.15. The summed E-state index contributed by atoms with van der Waals surface area (Å²) in [5, 5.41) is 3.08. The normalized spacial score (nSPS) is 14.3. The first kappa shape index (κ1) is 21.8. The minimum Gasteiger partial charge on any atom is -0.439 e. The highest BCUT2D eigenvalue weighted by atomic mass is 16.5. The smallest absolute Gasteiger partial charge is 0.227 e. The molecule has 32 heavy (non-hydrogen) atoms. The predicted octanol–water partition coefficient (Wildman–Crippen LogP) is 5.30. The molecule has 0 aliphatic carbocycles. The number of amides is 1. The van der Waals surface area contributed by atoms with Gasteiger partial charge < -0.3 is 15.0 Å². The van der Waals surface area contributed by atoms with E-state index in [1.807, 2.05) is 36.4 Å². The van der Waals surface area contributed by atoms with E-state index >= 15 is 0 Å². The second-order valence-electron chi connectivity index (χ2n) is 8.36. The van der Waals surface area contributed by atoms with E-state index < -0.39 is 0 Å². The predicted molar refractivity (Wildman–Crippen MR) is 127 cm³/mol. The number of anilines is 2. The molecule has 0 unspecified atom stereocenters. The average Bonchev–Trinajstić information content (AvgIpc) is 2.82. The molecule has 4 rings (SSSR count). The molecule has 0 radical (unpaired) electrons. The molecule has 0 spiro atoms. The summed E-state index contributed by atoms with van der Waals surface area (Å²) in [5.74, 6) is 2.20. The zero-order chi connectivity index (χ0) is 22.5. The van der Waals surface area contributed by atoms with Crippen LogP contribution in [-0.4, -0.2) is 29.0 Å². The molecule has 1 saturated heterocycles. The first-order valence-electron chi connectivity index (χ1n) is 11.2. The fourth-order valence-electron chi connectivity index (χ4n) is 3.91. The summed E-state index contributed by atoms with van der Waals surface area (Å²) >= 11 is 0. The Balaban J connectivity index is 1.33. The Morgan fingerprint density at radius 3 is 2.47 bits per heavy atom. The molecule has 2 heterocycles. The average molecular weight is 431 g/mol. The number of hydrogen-bond acceptors (Lipinski definition) is 5. The maximum atomic E-state index is 12.7. The minimum absolute atomic E-state index is 0.00231. The van der Waals surface area contributed by atoms with Crippen LogP contribution in [0.4, 0.5) is 11.5 Å². The number of hydrogen-bond donors (Lipinski definition) is 1. The molecular formula is C26H30N4O2. The molecule has 6 nitrogen and oxygen atoms in total. The van der Waals surface area contributed by atoms with E-state index in [0.717, 1.165) is 49.6 Å². The molecule has 2 aromatic carbocycles. The van der Waals surface area contributed by atoms with Crippen LogP contribution in [0.25, 0.3) is 0 Å². The van der Waals surface area contributed by atoms with Gasteiger partial charge in [0, 0.05) is 30.8 Å². The van der Waals surface area contributed by atoms with Crippen LogP contribution in [0.1, 0.15) is 36.5 Å². The maximum absolute atomic E-state index is 12.7. The van der Waals surface area contributed by atoms with Gasteiger partial charge in [-0.05, 0) is 74.1 Å². The molecule has 1 N–H and O–H groups in total. The van der Waals surface area contributed by atoms with Gasteiger partial charge in [-0.15, -0.1) is 0 Å². The highest BCUT2D eigenvalue weighted by Crippen LogP contribution is 2.27. The second-order valence-corrected chi connectivity index (χ2v) is 8.36. The second kappa shape index (κ2) is 9.81. The Hall–Kier alpha value is -3.41. The molecule has 0 bridgehead atoms. The van der Waals surface area contributed by atoms with Gasteiger partial charge in [0.05, 0.1) is 0 Å². The molecular weight excluding hydrogens is 400 g/mol. The van der Waals surface area contributed by atoms with Gasteiger partial charge in [0.25, 0.3) is 0 Å². The lowest BCUT2D eigenvalue weighted by atomic mass is 9.95. The van der Waals surface area contributed by atoms with E-state index in [-0.39, 0.29) is 11.8 Å². The highest BCUT2D eigenvalue weighted by Gasteiger charge is 2.26. The van der Waals surface area contributed by atoms with Crippen molar-refractivity contribution in [3.8, 4) is 11.6 Å². The Kier molecular flexibility index (Phi) is 6.69. The molecule has 1 aliphatic rings. The number of piperidine rings is 1. The fourth-order valence-corrected chi connectivity index (χ4v) is 3.91. The van der Waals surface area contributed by atoms with Gasteiger partial charge in [-0.1, -0.05) is 25.1 Å². The van der Waals surface area contributed by atoms with Crippen molar-refractivity contribution in [3.05, 3.63) is 71.5 Å². The molecule has 1 amide bonds. The van der Waals surface area contributed by atoms with E-state index in [0.29, 0.717) is 5.88 Å². The van der Waals surface area contributed by atoms with Crippen molar-refractivity contribution in [2.75, 3.05) is 23.3 Å². The molecule has 1 aromatic heterocycles. The van der Waals surface area contributed by atoms with Crippen molar-refractivity contribution in [3.63, 3.8) is 0 Å². The van der Waals surface area contributed by atoms with Crippen molar-refractivity contribution in [2.45, 2.75) is 40.0 Å². The van der Waals surface area contributed by atoms with Crippen LogP contribution in [0.15, 0.2) is 54.9 Å². The van der Waals surface area contributed by atoms with Gasteiger partial charge in [0.1, 0.15) is 17.9 Å². The van der Waals surface area contributed by atoms with Crippen LogP contribution in [-0.2, 0) is 11.2 Å². The van der Waals surface area contributed by atoms with Gasteiger partial charge >= 0.3 is 0 Å². The number of benzene rings is 2. The SMILES string of the molecule is CCc1ccc(Oc2cc(N3CCC(C(=O)Nc4ccc(C)c(C)c4)CC3)ncn2)cc1. The van der Waals surface area contributed by atoms with Crippen LogP contribution in [0.3, 0.4) is 0 Å². The van der Waals surface area contributed by atoms with E-state index in [1.54, 1.807) is 0 Å².